The first-order chi connectivity index (χ1) is 9.69. The van der Waals surface area contributed by atoms with Crippen LogP contribution in [0.3, 0.4) is 0 Å². The molecule has 0 aliphatic carbocycles. The molecular weight excluding hydrogens is 250 g/mol. The molecule has 0 aliphatic heterocycles. The molecule has 0 radical (unpaired) electrons. The highest BCUT2D eigenvalue weighted by Crippen LogP contribution is 2.12. The van der Waals surface area contributed by atoms with Crippen molar-refractivity contribution in [3.63, 3.8) is 0 Å². The van der Waals surface area contributed by atoms with Gasteiger partial charge in [0.1, 0.15) is 5.82 Å². The van der Waals surface area contributed by atoms with Gasteiger partial charge in [0.15, 0.2) is 0 Å². The molecule has 4 heteroatoms. The number of nitrogens with zero attached hydrogens (tertiary/aromatic N) is 2. The zero-order chi connectivity index (χ0) is 14.4. The fraction of sp³-hybridized carbons (Fsp3) is 0.375. The van der Waals surface area contributed by atoms with Crippen LogP contribution in [0.25, 0.3) is 0 Å². The number of rotatable bonds is 6. The second kappa shape index (κ2) is 6.89. The van der Waals surface area contributed by atoms with Crippen molar-refractivity contribution >= 4 is 11.6 Å². The fourth-order valence-electron chi connectivity index (χ4n) is 2.14. The molecule has 20 heavy (non-hydrogen) atoms. The SMILES string of the molecule is CCc1cccc(NC(=O)CCCn2ccnc2C)c1. The lowest BCUT2D eigenvalue weighted by Gasteiger charge is -2.07. The Labute approximate surface area is 119 Å². The lowest BCUT2D eigenvalue weighted by molar-refractivity contribution is -0.116. The van der Waals surface area contributed by atoms with Crippen molar-refractivity contribution in [2.24, 2.45) is 0 Å². The number of nitrogens with one attached hydrogen (secondary N) is 1. The summed E-state index contributed by atoms with van der Waals surface area (Å²) in [6.07, 6.45) is 6.04. The monoisotopic (exact) mass is 271 g/mol. The number of imidazole rings is 1. The number of hydrogen-bond acceptors (Lipinski definition) is 2. The molecular formula is C16H21N3O. The zero-order valence-electron chi connectivity index (χ0n) is 12.1. The molecule has 0 fully saturated rings. The molecule has 0 spiro atoms. The maximum Gasteiger partial charge on any atom is 0.224 e. The summed E-state index contributed by atoms with van der Waals surface area (Å²) in [5, 5.41) is 2.95. The van der Waals surface area contributed by atoms with Crippen molar-refractivity contribution in [3.8, 4) is 0 Å². The summed E-state index contributed by atoms with van der Waals surface area (Å²) in [6, 6.07) is 8.00. The normalized spacial score (nSPS) is 10.5. The van der Waals surface area contributed by atoms with Crippen LogP contribution in [0.2, 0.25) is 0 Å². The number of amides is 1. The van der Waals surface area contributed by atoms with Gasteiger partial charge in [0.05, 0.1) is 0 Å². The van der Waals surface area contributed by atoms with E-state index in [4.69, 9.17) is 0 Å². The summed E-state index contributed by atoms with van der Waals surface area (Å²) in [7, 11) is 0. The Kier molecular flexibility index (Phi) is 4.93. The molecule has 0 saturated heterocycles. The summed E-state index contributed by atoms with van der Waals surface area (Å²) in [5.41, 5.74) is 2.12. The molecule has 0 unspecified atom stereocenters. The second-order valence-electron chi connectivity index (χ2n) is 4.87. The number of carbonyl (C=O) groups excluding carboxylic acids is 1. The van der Waals surface area contributed by atoms with Crippen LogP contribution in [0.4, 0.5) is 5.69 Å². The van der Waals surface area contributed by atoms with Crippen LogP contribution in [0.15, 0.2) is 36.7 Å². The van der Waals surface area contributed by atoms with Gasteiger partial charge in [-0.15, -0.1) is 0 Å². The van der Waals surface area contributed by atoms with Crippen molar-refractivity contribution in [2.45, 2.75) is 39.7 Å². The Hall–Kier alpha value is -2.10. The second-order valence-corrected chi connectivity index (χ2v) is 4.87. The molecule has 0 bridgehead atoms. The first-order valence-corrected chi connectivity index (χ1v) is 7.05. The van der Waals surface area contributed by atoms with E-state index < -0.39 is 0 Å². The lowest BCUT2D eigenvalue weighted by atomic mass is 10.1. The Morgan fingerprint density at radius 3 is 2.95 bits per heavy atom. The van der Waals surface area contributed by atoms with Crippen LogP contribution >= 0.6 is 0 Å². The summed E-state index contributed by atoms with van der Waals surface area (Å²) >= 11 is 0. The van der Waals surface area contributed by atoms with Gasteiger partial charge < -0.3 is 9.88 Å². The molecule has 1 heterocycles. The van der Waals surface area contributed by atoms with E-state index in [-0.39, 0.29) is 5.91 Å². The largest absolute Gasteiger partial charge is 0.335 e. The molecule has 2 rings (SSSR count). The number of aromatic nitrogens is 2. The summed E-state index contributed by atoms with van der Waals surface area (Å²) in [4.78, 5) is 16.1. The number of hydrogen-bond donors (Lipinski definition) is 1. The maximum absolute atomic E-state index is 11.9. The predicted octanol–water partition coefficient (Wildman–Crippen LogP) is 3.17. The highest BCUT2D eigenvalue weighted by Gasteiger charge is 2.04. The van der Waals surface area contributed by atoms with E-state index in [1.165, 1.54) is 5.56 Å². The average molecular weight is 271 g/mol. The van der Waals surface area contributed by atoms with E-state index in [9.17, 15) is 4.79 Å². The van der Waals surface area contributed by atoms with Crippen LogP contribution in [0, 0.1) is 6.92 Å². The standard InChI is InChI=1S/C16H21N3O/c1-3-14-6-4-7-15(12-14)18-16(20)8-5-10-19-11-9-17-13(19)2/h4,6-7,9,11-12H,3,5,8,10H2,1-2H3,(H,18,20). The summed E-state index contributed by atoms with van der Waals surface area (Å²) in [5.74, 6) is 1.05. The first-order valence-electron chi connectivity index (χ1n) is 7.05. The summed E-state index contributed by atoms with van der Waals surface area (Å²) < 4.78 is 2.06. The minimum atomic E-state index is 0.0658. The molecule has 2 aromatic rings. The highest BCUT2D eigenvalue weighted by atomic mass is 16.1. The molecule has 0 saturated carbocycles. The van der Waals surface area contributed by atoms with Crippen LogP contribution in [0.5, 0.6) is 0 Å². The van der Waals surface area contributed by atoms with E-state index in [2.05, 4.69) is 27.9 Å². The molecule has 1 aromatic carbocycles. The van der Waals surface area contributed by atoms with Gasteiger partial charge in [0.2, 0.25) is 5.91 Å². The summed E-state index contributed by atoms with van der Waals surface area (Å²) in [6.45, 7) is 4.90. The molecule has 1 N–H and O–H groups in total. The van der Waals surface area contributed by atoms with Crippen molar-refractivity contribution in [1.82, 2.24) is 9.55 Å². The molecule has 1 aromatic heterocycles. The van der Waals surface area contributed by atoms with Crippen molar-refractivity contribution in [3.05, 3.63) is 48.0 Å². The maximum atomic E-state index is 11.9. The number of carbonyl (C=O) groups is 1. The Balaban J connectivity index is 1.79. The predicted molar refractivity (Wildman–Crippen MR) is 80.6 cm³/mol. The molecule has 0 atom stereocenters. The smallest absolute Gasteiger partial charge is 0.224 e. The van der Waals surface area contributed by atoms with Crippen molar-refractivity contribution in [1.29, 1.82) is 0 Å². The third-order valence-corrected chi connectivity index (χ3v) is 3.35. The van der Waals surface area contributed by atoms with Gasteiger partial charge in [-0.05, 0) is 37.5 Å². The lowest BCUT2D eigenvalue weighted by Crippen LogP contribution is -2.12. The zero-order valence-corrected chi connectivity index (χ0v) is 12.1. The van der Waals surface area contributed by atoms with Crippen LogP contribution in [-0.2, 0) is 17.8 Å². The van der Waals surface area contributed by atoms with E-state index in [1.54, 1.807) is 6.20 Å². The quantitative estimate of drug-likeness (QED) is 0.877. The number of benzene rings is 1. The third kappa shape index (κ3) is 3.95. The number of anilines is 1. The van der Waals surface area contributed by atoms with Gasteiger partial charge in [0.25, 0.3) is 0 Å². The third-order valence-electron chi connectivity index (χ3n) is 3.35. The van der Waals surface area contributed by atoms with Crippen molar-refractivity contribution in [2.75, 3.05) is 5.32 Å². The van der Waals surface area contributed by atoms with E-state index >= 15 is 0 Å². The Morgan fingerprint density at radius 2 is 2.25 bits per heavy atom. The van der Waals surface area contributed by atoms with E-state index in [0.29, 0.717) is 6.42 Å². The minimum absolute atomic E-state index is 0.0658. The van der Waals surface area contributed by atoms with Crippen LogP contribution < -0.4 is 5.32 Å². The first kappa shape index (κ1) is 14.3. The Bertz CT molecular complexity index is 575. The van der Waals surface area contributed by atoms with Crippen LogP contribution in [0.1, 0.15) is 31.2 Å². The van der Waals surface area contributed by atoms with Gasteiger partial charge in [-0.1, -0.05) is 19.1 Å². The molecule has 106 valence electrons. The van der Waals surface area contributed by atoms with Gasteiger partial charge in [-0.2, -0.15) is 0 Å². The highest BCUT2D eigenvalue weighted by molar-refractivity contribution is 5.90. The van der Waals surface area contributed by atoms with E-state index in [0.717, 1.165) is 30.9 Å². The van der Waals surface area contributed by atoms with Crippen molar-refractivity contribution < 1.29 is 4.79 Å². The van der Waals surface area contributed by atoms with Gasteiger partial charge in [0, 0.05) is 31.0 Å². The van der Waals surface area contributed by atoms with Gasteiger partial charge in [-0.3, -0.25) is 4.79 Å². The topological polar surface area (TPSA) is 46.9 Å². The average Bonchev–Trinajstić information content (AvgIpc) is 2.85. The number of aryl methyl sites for hydroxylation is 3. The minimum Gasteiger partial charge on any atom is -0.335 e. The fourth-order valence-corrected chi connectivity index (χ4v) is 2.14. The van der Waals surface area contributed by atoms with E-state index in [1.807, 2.05) is 31.3 Å². The molecule has 1 amide bonds. The molecule has 4 nitrogen and oxygen atoms in total. The Morgan fingerprint density at radius 1 is 1.40 bits per heavy atom. The molecule has 0 aliphatic rings. The van der Waals surface area contributed by atoms with Gasteiger partial charge in [-0.25, -0.2) is 4.98 Å². The van der Waals surface area contributed by atoms with Crippen LogP contribution in [-0.4, -0.2) is 15.5 Å². The van der Waals surface area contributed by atoms with Gasteiger partial charge >= 0.3 is 0 Å².